The van der Waals surface area contributed by atoms with Crippen molar-refractivity contribution in [2.75, 3.05) is 26.2 Å². The normalized spacial score (nSPS) is 41.3. The standard InChI is InChI=1S/C59H71N3O4/c1-35-26-41-19-21-48-43-29-39-32-61(34-43)44(30-37-10-3-2-4-11-37)20-22-50-57-24-23-45-47-31-42(51(35)53(45)54(41)62(48)33-39)28-38-14-7-13-36(27-38)12-5-6-18-49(58(47,57)56(64)65-50)59(57)46-17-8-15-40(16-9-25-60)52(46)55(63)66-59/h7-8,13-15,17,22,27,31,35,37,39,43-44,48-49,51,53H,2-6,9-12,16,18-21,23-26,28-30,32-34,60H2,1H3/b50-22-/t35-,39-,43+,44+,48+,49+,51+,53+,57-,58+,59-/m1/s1. The average molecular weight is 886 g/mol. The van der Waals surface area contributed by atoms with Crippen molar-refractivity contribution in [1.82, 2.24) is 9.80 Å². The van der Waals surface area contributed by atoms with Crippen LogP contribution in [0.3, 0.4) is 0 Å². The summed E-state index contributed by atoms with van der Waals surface area (Å²) in [6.07, 6.45) is 26.8. The number of carbonyl (C=O) groups excluding carboxylic acids is 2. The minimum atomic E-state index is -0.994. The van der Waals surface area contributed by atoms with Crippen molar-refractivity contribution in [2.45, 2.75) is 153 Å². The van der Waals surface area contributed by atoms with Gasteiger partial charge in [0.05, 0.1) is 11.0 Å². The highest BCUT2D eigenvalue weighted by Crippen LogP contribution is 2.87. The van der Waals surface area contributed by atoms with Gasteiger partial charge in [-0.1, -0.05) is 111 Å². The Balaban J connectivity index is 1.04. The third-order valence-corrected chi connectivity index (χ3v) is 20.9. The number of hydrogen-bond donors (Lipinski definition) is 1. The van der Waals surface area contributed by atoms with E-state index in [-0.39, 0.29) is 23.8 Å². The van der Waals surface area contributed by atoms with Crippen molar-refractivity contribution in [3.05, 3.63) is 116 Å². The van der Waals surface area contributed by atoms with Crippen LogP contribution in [-0.4, -0.2) is 60.0 Å². The monoisotopic (exact) mass is 886 g/mol. The van der Waals surface area contributed by atoms with Crippen molar-refractivity contribution < 1.29 is 19.1 Å². The van der Waals surface area contributed by atoms with Gasteiger partial charge in [0.2, 0.25) is 0 Å². The predicted molar refractivity (Wildman–Crippen MR) is 256 cm³/mol. The van der Waals surface area contributed by atoms with E-state index in [1.54, 1.807) is 11.3 Å². The molecule has 15 aliphatic rings. The van der Waals surface area contributed by atoms with Crippen LogP contribution in [0.2, 0.25) is 0 Å². The number of allylic oxidation sites excluding steroid dienone is 4. The molecule has 3 saturated heterocycles. The summed E-state index contributed by atoms with van der Waals surface area (Å²) in [7, 11) is 0. The van der Waals surface area contributed by atoms with E-state index < -0.39 is 16.4 Å². The number of esters is 2. The molecule has 1 unspecified atom stereocenters. The fraction of sp³-hybridized carbons (Fsp3) is 0.627. The van der Waals surface area contributed by atoms with Gasteiger partial charge in [-0.05, 0) is 154 Å². The van der Waals surface area contributed by atoms with Crippen LogP contribution in [0, 0.1) is 52.3 Å². The summed E-state index contributed by atoms with van der Waals surface area (Å²) in [4.78, 5) is 37.2. The summed E-state index contributed by atoms with van der Waals surface area (Å²) in [5.74, 6) is 3.58. The minimum Gasteiger partial charge on any atom is -0.449 e. The molecule has 0 radical (unpaired) electrons. The van der Waals surface area contributed by atoms with E-state index in [4.69, 9.17) is 15.2 Å². The van der Waals surface area contributed by atoms with Crippen molar-refractivity contribution in [1.29, 1.82) is 0 Å². The molecule has 5 fully saturated rings. The maximum atomic E-state index is 16.2. The number of fused-ring (bicyclic) bond motifs is 6. The number of ether oxygens (including phenoxy) is 2. The maximum Gasteiger partial charge on any atom is 0.339 e. The van der Waals surface area contributed by atoms with Crippen molar-refractivity contribution >= 4 is 11.9 Å². The van der Waals surface area contributed by atoms with Crippen LogP contribution in [0.4, 0.5) is 0 Å². The zero-order valence-electron chi connectivity index (χ0n) is 39.5. The predicted octanol–water partition coefficient (Wildman–Crippen LogP) is 10.7. The molecule has 3 spiro atoms. The molecule has 15 bridgehead atoms. The van der Waals surface area contributed by atoms with Gasteiger partial charge in [0, 0.05) is 54.8 Å². The Morgan fingerprint density at radius 3 is 2.67 bits per heavy atom. The molecule has 0 amide bonds. The Morgan fingerprint density at radius 2 is 1.77 bits per heavy atom. The Hall–Kier alpha value is -3.94. The third-order valence-electron chi connectivity index (χ3n) is 20.9. The largest absolute Gasteiger partial charge is 0.449 e. The van der Waals surface area contributed by atoms with Crippen LogP contribution in [0.5, 0.6) is 0 Å². The summed E-state index contributed by atoms with van der Waals surface area (Å²) in [5.41, 5.74) is 16.7. The van der Waals surface area contributed by atoms with Gasteiger partial charge in [0.1, 0.15) is 11.2 Å². The first-order chi connectivity index (χ1) is 32.3. The number of piperidine rings is 2. The van der Waals surface area contributed by atoms with Gasteiger partial charge in [-0.3, -0.25) is 9.69 Å². The van der Waals surface area contributed by atoms with E-state index in [9.17, 15) is 4.79 Å². The lowest BCUT2D eigenvalue weighted by molar-refractivity contribution is -0.275. The first kappa shape index (κ1) is 41.1. The smallest absolute Gasteiger partial charge is 0.339 e. The summed E-state index contributed by atoms with van der Waals surface area (Å²) < 4.78 is 14.5. The second-order valence-corrected chi connectivity index (χ2v) is 23.9. The molecule has 66 heavy (non-hydrogen) atoms. The molecular weight excluding hydrogens is 815 g/mol. The molecule has 7 nitrogen and oxygen atoms in total. The topological polar surface area (TPSA) is 85.1 Å². The van der Waals surface area contributed by atoms with Gasteiger partial charge < -0.3 is 20.1 Å². The van der Waals surface area contributed by atoms with E-state index in [1.165, 1.54) is 112 Å². The summed E-state index contributed by atoms with van der Waals surface area (Å²) in [6.45, 7) is 6.65. The lowest BCUT2D eigenvalue weighted by Gasteiger charge is -2.71. The van der Waals surface area contributed by atoms with Crippen LogP contribution in [0.15, 0.2) is 88.4 Å². The molecule has 2 saturated carbocycles. The van der Waals surface area contributed by atoms with Crippen LogP contribution < -0.4 is 5.73 Å². The molecule has 2 N–H and O–H groups in total. The Morgan fingerprint density at radius 1 is 0.909 bits per heavy atom. The van der Waals surface area contributed by atoms with Gasteiger partial charge in [0.15, 0.2) is 5.60 Å². The van der Waals surface area contributed by atoms with E-state index >= 15 is 4.79 Å². The maximum absolute atomic E-state index is 16.2. The first-order valence-corrected chi connectivity index (χ1v) is 27.1. The Labute approximate surface area is 392 Å². The number of nitrogens with two attached hydrogens (primary N) is 1. The fourth-order valence-corrected chi connectivity index (χ4v) is 18.7. The summed E-state index contributed by atoms with van der Waals surface area (Å²) >= 11 is 0. The van der Waals surface area contributed by atoms with Crippen molar-refractivity contribution in [3.8, 4) is 0 Å². The van der Waals surface area contributed by atoms with Gasteiger partial charge >= 0.3 is 11.9 Å². The molecule has 12 atom stereocenters. The summed E-state index contributed by atoms with van der Waals surface area (Å²) in [5, 5.41) is 0. The highest BCUT2D eigenvalue weighted by atomic mass is 16.6. The average Bonchev–Trinajstić information content (AvgIpc) is 3.77. The second-order valence-electron chi connectivity index (χ2n) is 23.9. The molecular formula is C59H71N3O4. The van der Waals surface area contributed by atoms with E-state index in [0.29, 0.717) is 42.3 Å². The lowest BCUT2D eigenvalue weighted by atomic mass is 9.29. The van der Waals surface area contributed by atoms with Gasteiger partial charge in [-0.2, -0.15) is 0 Å². The van der Waals surface area contributed by atoms with Gasteiger partial charge in [0.25, 0.3) is 0 Å². The fourth-order valence-electron chi connectivity index (χ4n) is 18.7. The number of aryl methyl sites for hydroxylation is 2. The Bertz CT molecular complexity index is 2540. The van der Waals surface area contributed by atoms with Gasteiger partial charge in [-0.25, -0.2) is 4.79 Å². The number of carbonyl (C=O) groups is 2. The number of benzene rings is 2. The molecule has 2 aromatic carbocycles. The SMILES string of the molecule is C[C@@H]1CC2=C3[C@H]4C5=C6C=C(Cc7cccc(c7)CCCC[C@H]7[C@]68C(=O)O/C(=C\C[C@@H](CC6CCCCC6)N6C[C@H]9C[C@@H](C6)[C@H](CC2)N3C9)[C@@]8(CC5)[C@]72OC(=O)c3c(CCCN)cccc32)[C@@H]41. The van der Waals surface area contributed by atoms with Gasteiger partial charge in [-0.15, -0.1) is 0 Å². The highest BCUT2D eigenvalue weighted by Gasteiger charge is 2.92. The molecule has 346 valence electrons. The van der Waals surface area contributed by atoms with Crippen LogP contribution >= 0.6 is 0 Å². The second kappa shape index (κ2) is 15.0. The molecule has 9 aliphatic heterocycles. The molecule has 9 heterocycles. The van der Waals surface area contributed by atoms with Crippen molar-refractivity contribution in [2.24, 2.45) is 58.0 Å². The Kier molecular flexibility index (Phi) is 9.35. The molecule has 7 heteroatoms. The van der Waals surface area contributed by atoms with Crippen molar-refractivity contribution in [3.63, 3.8) is 0 Å². The number of rotatable bonds is 5. The zero-order chi connectivity index (χ0) is 44.1. The van der Waals surface area contributed by atoms with Crippen LogP contribution in [0.1, 0.15) is 149 Å². The molecule has 6 aliphatic carbocycles. The molecule has 17 rings (SSSR count). The molecule has 0 aromatic heterocycles. The number of hydrogen-bond acceptors (Lipinski definition) is 7. The van der Waals surface area contributed by atoms with E-state index in [1.807, 2.05) is 0 Å². The van der Waals surface area contributed by atoms with Crippen LogP contribution in [0.25, 0.3) is 0 Å². The third kappa shape index (κ3) is 5.34. The van der Waals surface area contributed by atoms with E-state index in [0.717, 1.165) is 92.6 Å². The highest BCUT2D eigenvalue weighted by molar-refractivity contribution is 6.00. The zero-order valence-corrected chi connectivity index (χ0v) is 39.5. The van der Waals surface area contributed by atoms with E-state index in [2.05, 4.69) is 71.3 Å². The minimum absolute atomic E-state index is 0.0672. The molecule has 2 aromatic rings. The number of nitrogens with zero attached hydrogens (tertiary/aromatic N) is 2. The van der Waals surface area contributed by atoms with Crippen LogP contribution in [-0.2, 0) is 39.1 Å². The summed E-state index contributed by atoms with van der Waals surface area (Å²) in [6, 6.07) is 17.0. The first-order valence-electron chi connectivity index (χ1n) is 27.1. The quantitative estimate of drug-likeness (QED) is 0.299. The lowest BCUT2D eigenvalue weighted by Crippen LogP contribution is -2.77.